The number of nitrogens with zero attached hydrogens (tertiary/aromatic N) is 3. The Morgan fingerprint density at radius 2 is 2.06 bits per heavy atom. The Morgan fingerprint density at radius 1 is 1.33 bits per heavy atom. The zero-order chi connectivity index (χ0) is 13.6. The smallest absolute Gasteiger partial charge is 0.214 e. The minimum atomic E-state index is -3.14. The molecule has 0 unspecified atom stereocenters. The largest absolute Gasteiger partial charge is 0.275 e. The van der Waals surface area contributed by atoms with Crippen molar-refractivity contribution in [2.24, 2.45) is 7.05 Å². The fourth-order valence-electron chi connectivity index (χ4n) is 1.78. The van der Waals surface area contributed by atoms with Gasteiger partial charge in [-0.25, -0.2) is 8.42 Å². The Bertz CT molecular complexity index is 454. The lowest BCUT2D eigenvalue weighted by molar-refractivity contribution is 0.404. The van der Waals surface area contributed by atoms with Crippen molar-refractivity contribution >= 4 is 10.0 Å². The van der Waals surface area contributed by atoms with E-state index >= 15 is 0 Å². The van der Waals surface area contributed by atoms with Crippen LogP contribution in [-0.2, 0) is 23.6 Å². The van der Waals surface area contributed by atoms with E-state index in [1.807, 2.05) is 27.1 Å². The van der Waals surface area contributed by atoms with Gasteiger partial charge in [0.2, 0.25) is 10.0 Å². The molecule has 1 aromatic rings. The zero-order valence-electron chi connectivity index (χ0n) is 11.5. The Kier molecular flexibility index (Phi) is 5.81. The molecule has 0 saturated heterocycles. The van der Waals surface area contributed by atoms with Crippen LogP contribution in [0.3, 0.4) is 0 Å². The molecule has 0 atom stereocenters. The predicted molar refractivity (Wildman–Crippen MR) is 72.6 cm³/mol. The van der Waals surface area contributed by atoms with Crippen molar-refractivity contribution in [3.05, 3.63) is 18.0 Å². The molecule has 0 radical (unpaired) electrons. The van der Waals surface area contributed by atoms with E-state index in [2.05, 4.69) is 5.10 Å². The van der Waals surface area contributed by atoms with E-state index in [1.165, 1.54) is 0 Å². The molecule has 5 nitrogen and oxygen atoms in total. The van der Waals surface area contributed by atoms with Gasteiger partial charge in [0, 0.05) is 31.9 Å². The molecule has 1 rings (SSSR count). The average molecular weight is 273 g/mol. The highest BCUT2D eigenvalue weighted by atomic mass is 32.2. The van der Waals surface area contributed by atoms with Crippen molar-refractivity contribution in [1.82, 2.24) is 14.1 Å². The highest BCUT2D eigenvalue weighted by Gasteiger charge is 2.21. The van der Waals surface area contributed by atoms with Crippen molar-refractivity contribution in [2.45, 2.75) is 39.7 Å². The molecule has 0 amide bonds. The minimum absolute atomic E-state index is 0.240. The SMILES string of the molecule is CCCCS(=O)(=O)N(CCC)Cc1cnn(C)c1. The van der Waals surface area contributed by atoms with Crippen LogP contribution in [0.5, 0.6) is 0 Å². The summed E-state index contributed by atoms with van der Waals surface area (Å²) in [5.41, 5.74) is 0.936. The van der Waals surface area contributed by atoms with Crippen molar-refractivity contribution in [2.75, 3.05) is 12.3 Å². The minimum Gasteiger partial charge on any atom is -0.275 e. The molecule has 104 valence electrons. The number of aromatic nitrogens is 2. The van der Waals surface area contributed by atoms with Crippen LogP contribution in [0.4, 0.5) is 0 Å². The fraction of sp³-hybridized carbons (Fsp3) is 0.750. The van der Waals surface area contributed by atoms with Crippen LogP contribution in [0.25, 0.3) is 0 Å². The van der Waals surface area contributed by atoms with E-state index in [-0.39, 0.29) is 5.75 Å². The first-order chi connectivity index (χ1) is 8.49. The van der Waals surface area contributed by atoms with Gasteiger partial charge in [-0.2, -0.15) is 9.40 Å². The second kappa shape index (κ2) is 6.89. The van der Waals surface area contributed by atoms with Crippen LogP contribution >= 0.6 is 0 Å². The van der Waals surface area contributed by atoms with Gasteiger partial charge in [-0.3, -0.25) is 4.68 Å². The number of hydrogen-bond donors (Lipinski definition) is 0. The molecule has 0 aliphatic carbocycles. The van der Waals surface area contributed by atoms with Crippen molar-refractivity contribution in [3.63, 3.8) is 0 Å². The Morgan fingerprint density at radius 3 is 2.56 bits per heavy atom. The number of unbranched alkanes of at least 4 members (excludes halogenated alkanes) is 1. The van der Waals surface area contributed by atoms with Gasteiger partial charge in [-0.05, 0) is 12.8 Å². The Labute approximate surface area is 110 Å². The molecule has 0 aromatic carbocycles. The molecule has 18 heavy (non-hydrogen) atoms. The molecule has 1 heterocycles. The van der Waals surface area contributed by atoms with Gasteiger partial charge in [0.05, 0.1) is 11.9 Å². The summed E-state index contributed by atoms with van der Waals surface area (Å²) < 4.78 is 27.6. The summed E-state index contributed by atoms with van der Waals surface area (Å²) in [6.07, 6.45) is 6.02. The second-order valence-electron chi connectivity index (χ2n) is 4.53. The maximum Gasteiger partial charge on any atom is 0.214 e. The molecule has 0 saturated carbocycles. The van der Waals surface area contributed by atoms with Crippen molar-refractivity contribution in [1.29, 1.82) is 0 Å². The third kappa shape index (κ3) is 4.42. The van der Waals surface area contributed by atoms with Crippen LogP contribution in [-0.4, -0.2) is 34.8 Å². The van der Waals surface area contributed by atoms with Gasteiger partial charge in [0.15, 0.2) is 0 Å². The fourth-order valence-corrected chi connectivity index (χ4v) is 3.50. The Hall–Kier alpha value is -0.880. The molecule has 6 heteroatoms. The Balaban J connectivity index is 2.75. The van der Waals surface area contributed by atoms with Crippen LogP contribution < -0.4 is 0 Å². The molecule has 0 aliphatic rings. The number of rotatable bonds is 8. The van der Waals surface area contributed by atoms with Crippen LogP contribution in [0.15, 0.2) is 12.4 Å². The van der Waals surface area contributed by atoms with Gasteiger partial charge < -0.3 is 0 Å². The highest BCUT2D eigenvalue weighted by Crippen LogP contribution is 2.11. The monoisotopic (exact) mass is 273 g/mol. The number of hydrogen-bond acceptors (Lipinski definition) is 3. The van der Waals surface area contributed by atoms with Gasteiger partial charge in [0.1, 0.15) is 0 Å². The predicted octanol–water partition coefficient (Wildman–Crippen LogP) is 1.76. The third-order valence-electron chi connectivity index (χ3n) is 2.74. The maximum atomic E-state index is 12.2. The summed E-state index contributed by atoms with van der Waals surface area (Å²) in [5, 5.41) is 4.07. The second-order valence-corrected chi connectivity index (χ2v) is 6.61. The molecule has 0 fully saturated rings. The number of sulfonamides is 1. The van der Waals surface area contributed by atoms with Crippen LogP contribution in [0, 0.1) is 0 Å². The van der Waals surface area contributed by atoms with E-state index in [4.69, 9.17) is 0 Å². The molecule has 0 aliphatic heterocycles. The summed E-state index contributed by atoms with van der Waals surface area (Å²) >= 11 is 0. The van der Waals surface area contributed by atoms with Crippen molar-refractivity contribution < 1.29 is 8.42 Å². The van der Waals surface area contributed by atoms with Gasteiger partial charge >= 0.3 is 0 Å². The standard InChI is InChI=1S/C12H23N3O2S/c1-4-6-8-18(16,17)15(7-5-2)11-12-9-13-14(3)10-12/h9-10H,4-8,11H2,1-3H3. The zero-order valence-corrected chi connectivity index (χ0v) is 12.3. The first-order valence-corrected chi connectivity index (χ1v) is 8.05. The highest BCUT2D eigenvalue weighted by molar-refractivity contribution is 7.89. The summed E-state index contributed by atoms with van der Waals surface area (Å²) in [5.74, 6) is 0.240. The van der Waals surface area contributed by atoms with E-state index in [1.54, 1.807) is 15.2 Å². The third-order valence-corrected chi connectivity index (χ3v) is 4.64. The van der Waals surface area contributed by atoms with Crippen LogP contribution in [0.1, 0.15) is 38.7 Å². The lowest BCUT2D eigenvalue weighted by Gasteiger charge is -2.20. The molecule has 1 aromatic heterocycles. The van der Waals surface area contributed by atoms with Gasteiger partial charge in [-0.15, -0.1) is 0 Å². The molecule has 0 spiro atoms. The summed E-state index contributed by atoms with van der Waals surface area (Å²) in [7, 11) is -1.31. The first-order valence-electron chi connectivity index (χ1n) is 6.45. The summed E-state index contributed by atoms with van der Waals surface area (Å²) in [6, 6.07) is 0. The molecular formula is C12H23N3O2S. The lowest BCUT2D eigenvalue weighted by Crippen LogP contribution is -2.33. The summed E-state index contributed by atoms with van der Waals surface area (Å²) in [4.78, 5) is 0. The van der Waals surface area contributed by atoms with E-state index in [9.17, 15) is 8.42 Å². The quantitative estimate of drug-likeness (QED) is 0.725. The molecule has 0 bridgehead atoms. The molecule has 0 N–H and O–H groups in total. The van der Waals surface area contributed by atoms with Crippen molar-refractivity contribution in [3.8, 4) is 0 Å². The normalized spacial score (nSPS) is 12.2. The van der Waals surface area contributed by atoms with Gasteiger partial charge in [-0.1, -0.05) is 20.3 Å². The van der Waals surface area contributed by atoms with E-state index in [0.717, 1.165) is 24.8 Å². The topological polar surface area (TPSA) is 55.2 Å². The number of aryl methyl sites for hydroxylation is 1. The van der Waals surface area contributed by atoms with Gasteiger partial charge in [0.25, 0.3) is 0 Å². The maximum absolute atomic E-state index is 12.2. The average Bonchev–Trinajstić information content (AvgIpc) is 2.72. The lowest BCUT2D eigenvalue weighted by atomic mass is 10.3. The molecular weight excluding hydrogens is 250 g/mol. The van der Waals surface area contributed by atoms with E-state index in [0.29, 0.717) is 13.1 Å². The first kappa shape index (κ1) is 15.2. The van der Waals surface area contributed by atoms with Crippen LogP contribution in [0.2, 0.25) is 0 Å². The van der Waals surface area contributed by atoms with E-state index < -0.39 is 10.0 Å². The summed E-state index contributed by atoms with van der Waals surface area (Å²) in [6.45, 7) is 4.99.